The van der Waals surface area contributed by atoms with Crippen molar-refractivity contribution < 1.29 is 18.3 Å². The minimum Gasteiger partial charge on any atom is -0.495 e. The van der Waals surface area contributed by atoms with Crippen molar-refractivity contribution in [2.24, 2.45) is 11.8 Å². The van der Waals surface area contributed by atoms with Crippen LogP contribution in [-0.4, -0.2) is 55.5 Å². The highest BCUT2D eigenvalue weighted by Gasteiger charge is 2.39. The van der Waals surface area contributed by atoms with Gasteiger partial charge >= 0.3 is 0 Å². The molecule has 32 heavy (non-hydrogen) atoms. The molecule has 1 N–H and O–H groups in total. The van der Waals surface area contributed by atoms with Gasteiger partial charge in [0.1, 0.15) is 5.75 Å². The second-order valence-corrected chi connectivity index (χ2v) is 8.98. The summed E-state index contributed by atoms with van der Waals surface area (Å²) in [6, 6.07) is 12.1. The number of piperidine rings is 1. The standard InChI is InChI=1S/C25H31F2N3O2/c1-29-14-19(25(31)28-21-10-3-4-11-23(21)32-2)13-22(29)17-8-6-12-30(15-17)16-18-7-5-9-20(26)24(18)27/h3-5,7,9-11,17,19,22H,6,8,12-16H2,1-2H3,(H,28,31). The van der Waals surface area contributed by atoms with E-state index in [1.54, 1.807) is 19.2 Å². The number of benzene rings is 2. The fourth-order valence-corrected chi connectivity index (χ4v) is 5.21. The van der Waals surface area contributed by atoms with Gasteiger partial charge in [-0.1, -0.05) is 24.3 Å². The quantitative estimate of drug-likeness (QED) is 0.729. The highest BCUT2D eigenvalue weighted by atomic mass is 19.2. The smallest absolute Gasteiger partial charge is 0.228 e. The predicted octanol–water partition coefficient (Wildman–Crippen LogP) is 4.14. The Morgan fingerprint density at radius 2 is 1.97 bits per heavy atom. The molecule has 3 atom stereocenters. The van der Waals surface area contributed by atoms with E-state index in [1.807, 2.05) is 24.3 Å². The van der Waals surface area contributed by atoms with E-state index in [0.717, 1.165) is 38.4 Å². The Hall–Kier alpha value is -2.51. The van der Waals surface area contributed by atoms with Crippen LogP contribution in [0.25, 0.3) is 0 Å². The molecule has 0 aliphatic carbocycles. The molecule has 2 fully saturated rings. The molecular weight excluding hydrogens is 412 g/mol. The largest absolute Gasteiger partial charge is 0.495 e. The van der Waals surface area contributed by atoms with Crippen molar-refractivity contribution in [1.29, 1.82) is 0 Å². The van der Waals surface area contributed by atoms with E-state index in [0.29, 0.717) is 42.0 Å². The zero-order chi connectivity index (χ0) is 22.7. The van der Waals surface area contributed by atoms with Crippen molar-refractivity contribution in [3.8, 4) is 5.75 Å². The second kappa shape index (κ2) is 9.96. The van der Waals surface area contributed by atoms with Crippen molar-refractivity contribution in [3.63, 3.8) is 0 Å². The third-order valence-corrected chi connectivity index (χ3v) is 6.85. The number of amides is 1. The Morgan fingerprint density at radius 3 is 2.78 bits per heavy atom. The molecule has 2 heterocycles. The number of carbonyl (C=O) groups excluding carboxylic acids is 1. The second-order valence-electron chi connectivity index (χ2n) is 8.98. The van der Waals surface area contributed by atoms with Crippen LogP contribution in [0.3, 0.4) is 0 Å². The molecule has 0 bridgehead atoms. The summed E-state index contributed by atoms with van der Waals surface area (Å²) in [5, 5.41) is 3.02. The third-order valence-electron chi connectivity index (χ3n) is 6.85. The fraction of sp³-hybridized carbons (Fsp3) is 0.480. The Labute approximate surface area is 188 Å². The average Bonchev–Trinajstić information content (AvgIpc) is 3.19. The van der Waals surface area contributed by atoms with Crippen LogP contribution >= 0.6 is 0 Å². The predicted molar refractivity (Wildman–Crippen MR) is 121 cm³/mol. The highest BCUT2D eigenvalue weighted by molar-refractivity contribution is 5.94. The molecule has 7 heteroatoms. The molecule has 0 saturated carbocycles. The van der Waals surface area contributed by atoms with Crippen molar-refractivity contribution in [3.05, 3.63) is 59.7 Å². The maximum atomic E-state index is 14.1. The molecule has 2 saturated heterocycles. The molecule has 1 amide bonds. The van der Waals surface area contributed by atoms with Crippen LogP contribution < -0.4 is 10.1 Å². The first-order valence-electron chi connectivity index (χ1n) is 11.3. The summed E-state index contributed by atoms with van der Waals surface area (Å²) < 4.78 is 33.1. The van der Waals surface area contributed by atoms with Gasteiger partial charge in [-0.3, -0.25) is 9.69 Å². The molecule has 0 radical (unpaired) electrons. The van der Waals surface area contributed by atoms with Gasteiger partial charge in [0.2, 0.25) is 5.91 Å². The topological polar surface area (TPSA) is 44.8 Å². The number of ether oxygens (including phenoxy) is 1. The lowest BCUT2D eigenvalue weighted by Gasteiger charge is -2.38. The molecule has 0 spiro atoms. The number of methoxy groups -OCH3 is 1. The van der Waals surface area contributed by atoms with Gasteiger partial charge in [0.15, 0.2) is 11.6 Å². The number of para-hydroxylation sites is 2. The van der Waals surface area contributed by atoms with Crippen LogP contribution in [0.15, 0.2) is 42.5 Å². The van der Waals surface area contributed by atoms with E-state index in [9.17, 15) is 13.6 Å². The van der Waals surface area contributed by atoms with E-state index in [-0.39, 0.29) is 11.8 Å². The lowest BCUT2D eigenvalue weighted by atomic mass is 9.87. The summed E-state index contributed by atoms with van der Waals surface area (Å²) in [5.74, 6) is -0.578. The Kier molecular flexibility index (Phi) is 7.06. The maximum absolute atomic E-state index is 14.1. The molecule has 0 aromatic heterocycles. The molecule has 5 nitrogen and oxygen atoms in total. The number of rotatable bonds is 6. The van der Waals surface area contributed by atoms with Gasteiger partial charge in [-0.05, 0) is 57.0 Å². The lowest BCUT2D eigenvalue weighted by Crippen LogP contribution is -2.43. The monoisotopic (exact) mass is 443 g/mol. The summed E-state index contributed by atoms with van der Waals surface area (Å²) >= 11 is 0. The minimum atomic E-state index is -0.796. The molecule has 3 unspecified atom stereocenters. The normalized spacial score (nSPS) is 24.4. The van der Waals surface area contributed by atoms with Gasteiger partial charge in [-0.2, -0.15) is 0 Å². The summed E-state index contributed by atoms with van der Waals surface area (Å²) in [4.78, 5) is 17.4. The van der Waals surface area contributed by atoms with E-state index >= 15 is 0 Å². The molecule has 2 aromatic carbocycles. The van der Waals surface area contributed by atoms with Crippen LogP contribution in [0.4, 0.5) is 14.5 Å². The number of nitrogens with zero attached hydrogens (tertiary/aromatic N) is 2. The van der Waals surface area contributed by atoms with E-state index in [4.69, 9.17) is 4.74 Å². The first-order valence-corrected chi connectivity index (χ1v) is 11.3. The van der Waals surface area contributed by atoms with E-state index in [1.165, 1.54) is 0 Å². The summed E-state index contributed by atoms with van der Waals surface area (Å²) in [6.45, 7) is 2.82. The SMILES string of the molecule is COc1ccccc1NC(=O)C1CC(C2CCCN(Cc3cccc(F)c3F)C2)N(C)C1. The maximum Gasteiger partial charge on any atom is 0.228 e. The van der Waals surface area contributed by atoms with Gasteiger partial charge in [-0.25, -0.2) is 8.78 Å². The number of anilines is 1. The van der Waals surface area contributed by atoms with Crippen molar-refractivity contribution in [2.75, 3.05) is 39.1 Å². The van der Waals surface area contributed by atoms with Crippen molar-refractivity contribution >= 4 is 11.6 Å². The molecule has 2 aliphatic heterocycles. The van der Waals surface area contributed by atoms with E-state index in [2.05, 4.69) is 22.2 Å². The molecule has 4 rings (SSSR count). The zero-order valence-corrected chi connectivity index (χ0v) is 18.7. The van der Waals surface area contributed by atoms with Crippen LogP contribution in [0.2, 0.25) is 0 Å². The Bertz CT molecular complexity index is 955. The van der Waals surface area contributed by atoms with E-state index < -0.39 is 11.6 Å². The molecule has 172 valence electrons. The first kappa shape index (κ1) is 22.7. The number of hydrogen-bond donors (Lipinski definition) is 1. The van der Waals surface area contributed by atoms with Crippen LogP contribution in [0.1, 0.15) is 24.8 Å². The number of hydrogen-bond acceptors (Lipinski definition) is 4. The van der Waals surface area contributed by atoms with Crippen molar-refractivity contribution in [2.45, 2.75) is 31.8 Å². The third kappa shape index (κ3) is 4.94. The Morgan fingerprint density at radius 1 is 1.16 bits per heavy atom. The molecule has 2 aromatic rings. The minimum absolute atomic E-state index is 0.0124. The van der Waals surface area contributed by atoms with Crippen LogP contribution in [0, 0.1) is 23.5 Å². The molecular formula is C25H31F2N3O2. The number of halogens is 2. The van der Waals surface area contributed by atoms with Gasteiger partial charge in [-0.15, -0.1) is 0 Å². The number of likely N-dealkylation sites (tertiary alicyclic amines) is 2. The van der Waals surface area contributed by atoms with Gasteiger partial charge in [0, 0.05) is 31.2 Å². The van der Waals surface area contributed by atoms with Crippen molar-refractivity contribution in [1.82, 2.24) is 9.80 Å². The van der Waals surface area contributed by atoms with Crippen LogP contribution in [0.5, 0.6) is 5.75 Å². The number of nitrogens with one attached hydrogen (secondary N) is 1. The average molecular weight is 444 g/mol. The zero-order valence-electron chi connectivity index (χ0n) is 18.7. The summed E-state index contributed by atoms with van der Waals surface area (Å²) in [7, 11) is 3.67. The lowest BCUT2D eigenvalue weighted by molar-refractivity contribution is -0.119. The molecule has 2 aliphatic rings. The highest BCUT2D eigenvalue weighted by Crippen LogP contribution is 2.34. The van der Waals surface area contributed by atoms with Crippen LogP contribution in [-0.2, 0) is 11.3 Å². The number of carbonyl (C=O) groups is 1. The fourth-order valence-electron chi connectivity index (χ4n) is 5.21. The first-order chi connectivity index (χ1) is 15.5. The summed E-state index contributed by atoms with van der Waals surface area (Å²) in [6.07, 6.45) is 2.90. The van der Waals surface area contributed by atoms with Gasteiger partial charge in [0.25, 0.3) is 0 Å². The van der Waals surface area contributed by atoms with Gasteiger partial charge in [0.05, 0.1) is 18.7 Å². The summed E-state index contributed by atoms with van der Waals surface area (Å²) in [5.41, 5.74) is 1.09. The van der Waals surface area contributed by atoms with Gasteiger partial charge < -0.3 is 15.0 Å². The Balaban J connectivity index is 1.37.